The highest BCUT2D eigenvalue weighted by molar-refractivity contribution is 5.94. The van der Waals surface area contributed by atoms with Crippen molar-refractivity contribution in [2.75, 3.05) is 20.2 Å². The molecule has 0 atom stereocenters. The monoisotopic (exact) mass is 400 g/mol. The predicted molar refractivity (Wildman–Crippen MR) is 109 cm³/mol. The lowest BCUT2D eigenvalue weighted by Crippen LogP contribution is -2.46. The van der Waals surface area contributed by atoms with Crippen LogP contribution in [0.15, 0.2) is 30.3 Å². The van der Waals surface area contributed by atoms with E-state index in [1.807, 2.05) is 51.1 Å². The number of carbonyl (C=O) groups is 3. The number of para-hydroxylation sites is 1. The zero-order valence-corrected chi connectivity index (χ0v) is 17.8. The number of aryl methyl sites for hydroxylation is 1. The van der Waals surface area contributed by atoms with Gasteiger partial charge in [0.1, 0.15) is 5.56 Å². The Morgan fingerprint density at radius 3 is 2.34 bits per heavy atom. The highest BCUT2D eigenvalue weighted by atomic mass is 16.5. The number of carbonyl (C=O) groups excluding carboxylic acids is 3. The van der Waals surface area contributed by atoms with Crippen molar-refractivity contribution in [3.05, 3.63) is 47.3 Å². The number of benzene rings is 1. The lowest BCUT2D eigenvalue weighted by atomic mass is 10.1. The highest BCUT2D eigenvalue weighted by Gasteiger charge is 2.23. The van der Waals surface area contributed by atoms with Crippen molar-refractivity contribution in [1.82, 2.24) is 20.0 Å². The molecule has 0 aliphatic heterocycles. The molecule has 1 aromatic carbocycles. The molecule has 1 heterocycles. The van der Waals surface area contributed by atoms with E-state index < -0.39 is 18.5 Å². The average Bonchev–Trinajstić information content (AvgIpc) is 2.92. The summed E-state index contributed by atoms with van der Waals surface area (Å²) in [6, 6.07) is 9.43. The Bertz CT molecular complexity index is 897. The summed E-state index contributed by atoms with van der Waals surface area (Å²) < 4.78 is 6.85. The molecule has 1 aromatic heterocycles. The van der Waals surface area contributed by atoms with E-state index >= 15 is 0 Å². The van der Waals surface area contributed by atoms with E-state index in [2.05, 4.69) is 10.4 Å². The molecule has 2 amide bonds. The van der Waals surface area contributed by atoms with E-state index in [0.717, 1.165) is 5.69 Å². The van der Waals surface area contributed by atoms with Crippen LogP contribution in [0.25, 0.3) is 5.69 Å². The molecule has 0 aliphatic rings. The number of aromatic nitrogens is 2. The Balaban J connectivity index is 2.00. The zero-order valence-electron chi connectivity index (χ0n) is 17.8. The lowest BCUT2D eigenvalue weighted by Gasteiger charge is -2.23. The van der Waals surface area contributed by atoms with E-state index in [4.69, 9.17) is 4.74 Å². The first-order valence-corrected chi connectivity index (χ1v) is 9.33. The van der Waals surface area contributed by atoms with Gasteiger partial charge in [0.25, 0.3) is 5.91 Å². The van der Waals surface area contributed by atoms with E-state index in [-0.39, 0.29) is 18.0 Å². The second kappa shape index (κ2) is 8.89. The first-order valence-electron chi connectivity index (χ1n) is 9.33. The SMILES string of the molecule is Cc1nn(-c2ccccc2)c(C)c1C(=O)OCC(=O)N(C)CC(=O)NC(C)(C)C. The van der Waals surface area contributed by atoms with Crippen molar-refractivity contribution < 1.29 is 19.1 Å². The van der Waals surface area contributed by atoms with Gasteiger partial charge in [-0.25, -0.2) is 9.48 Å². The van der Waals surface area contributed by atoms with Gasteiger partial charge in [-0.3, -0.25) is 9.59 Å². The van der Waals surface area contributed by atoms with Gasteiger partial charge < -0.3 is 15.0 Å². The van der Waals surface area contributed by atoms with Crippen LogP contribution < -0.4 is 5.32 Å². The Morgan fingerprint density at radius 2 is 1.76 bits per heavy atom. The number of ether oxygens (including phenoxy) is 1. The van der Waals surface area contributed by atoms with E-state index in [1.165, 1.54) is 11.9 Å². The smallest absolute Gasteiger partial charge is 0.342 e. The van der Waals surface area contributed by atoms with E-state index in [1.54, 1.807) is 18.5 Å². The molecule has 0 spiro atoms. The van der Waals surface area contributed by atoms with Gasteiger partial charge in [0.2, 0.25) is 5.91 Å². The standard InChI is InChI=1S/C21H28N4O4/c1-14-19(15(2)25(23-14)16-10-8-7-9-11-16)20(28)29-13-18(27)24(6)12-17(26)22-21(3,4)5/h7-11H,12-13H2,1-6H3,(H,22,26). The molecule has 0 radical (unpaired) electrons. The summed E-state index contributed by atoms with van der Waals surface area (Å²) in [5.41, 5.74) is 1.91. The molecule has 0 fully saturated rings. The third-order valence-corrected chi connectivity index (χ3v) is 4.14. The molecular formula is C21H28N4O4. The van der Waals surface area contributed by atoms with Crippen LogP contribution in [-0.2, 0) is 14.3 Å². The first-order chi connectivity index (χ1) is 13.5. The Labute approximate surface area is 170 Å². The van der Waals surface area contributed by atoms with Crippen LogP contribution in [0.3, 0.4) is 0 Å². The van der Waals surface area contributed by atoms with Crippen molar-refractivity contribution >= 4 is 17.8 Å². The second-order valence-corrected chi connectivity index (χ2v) is 7.92. The maximum atomic E-state index is 12.5. The van der Waals surface area contributed by atoms with Crippen LogP contribution in [0.5, 0.6) is 0 Å². The molecule has 0 bridgehead atoms. The summed E-state index contributed by atoms with van der Waals surface area (Å²) in [5, 5.41) is 7.18. The van der Waals surface area contributed by atoms with Gasteiger partial charge in [-0.05, 0) is 46.8 Å². The number of amides is 2. The summed E-state index contributed by atoms with van der Waals surface area (Å²) in [6.07, 6.45) is 0. The number of likely N-dealkylation sites (N-methyl/N-ethyl adjacent to an activating group) is 1. The quantitative estimate of drug-likeness (QED) is 0.749. The topological polar surface area (TPSA) is 93.5 Å². The molecule has 0 unspecified atom stereocenters. The third kappa shape index (κ3) is 5.91. The minimum Gasteiger partial charge on any atom is -0.452 e. The van der Waals surface area contributed by atoms with Gasteiger partial charge in [0, 0.05) is 12.6 Å². The number of esters is 1. The minimum absolute atomic E-state index is 0.113. The number of nitrogens with one attached hydrogen (secondary N) is 1. The molecular weight excluding hydrogens is 372 g/mol. The number of hydrogen-bond donors (Lipinski definition) is 1. The van der Waals surface area contributed by atoms with Crippen LogP contribution in [0, 0.1) is 13.8 Å². The van der Waals surface area contributed by atoms with Crippen molar-refractivity contribution in [3.8, 4) is 5.69 Å². The molecule has 2 rings (SSSR count). The lowest BCUT2D eigenvalue weighted by molar-refractivity contribution is -0.137. The van der Waals surface area contributed by atoms with Crippen molar-refractivity contribution in [2.24, 2.45) is 0 Å². The molecule has 0 saturated heterocycles. The number of rotatable bonds is 6. The van der Waals surface area contributed by atoms with Gasteiger partial charge in [0.15, 0.2) is 6.61 Å². The van der Waals surface area contributed by atoms with Crippen LogP contribution in [0.4, 0.5) is 0 Å². The van der Waals surface area contributed by atoms with Crippen molar-refractivity contribution in [1.29, 1.82) is 0 Å². The Kier molecular flexibility index (Phi) is 6.79. The largest absolute Gasteiger partial charge is 0.452 e. The Hall–Kier alpha value is -3.16. The summed E-state index contributed by atoms with van der Waals surface area (Å²) in [5.74, 6) is -1.37. The summed E-state index contributed by atoms with van der Waals surface area (Å²) >= 11 is 0. The zero-order chi connectivity index (χ0) is 21.8. The molecule has 0 saturated carbocycles. The summed E-state index contributed by atoms with van der Waals surface area (Å²) in [6.45, 7) is 8.49. The fraction of sp³-hybridized carbons (Fsp3) is 0.429. The highest BCUT2D eigenvalue weighted by Crippen LogP contribution is 2.18. The molecule has 29 heavy (non-hydrogen) atoms. The van der Waals surface area contributed by atoms with Crippen LogP contribution in [0.2, 0.25) is 0 Å². The first kappa shape index (κ1) is 22.1. The summed E-state index contributed by atoms with van der Waals surface area (Å²) in [4.78, 5) is 37.9. The van der Waals surface area contributed by atoms with Gasteiger partial charge in [-0.1, -0.05) is 18.2 Å². The van der Waals surface area contributed by atoms with E-state index in [9.17, 15) is 14.4 Å². The molecule has 156 valence electrons. The maximum absolute atomic E-state index is 12.5. The molecule has 0 aliphatic carbocycles. The minimum atomic E-state index is -0.622. The molecule has 8 nitrogen and oxygen atoms in total. The average molecular weight is 400 g/mol. The fourth-order valence-electron chi connectivity index (χ4n) is 2.83. The predicted octanol–water partition coefficient (Wildman–Crippen LogP) is 2.02. The van der Waals surface area contributed by atoms with Gasteiger partial charge in [-0.15, -0.1) is 0 Å². The van der Waals surface area contributed by atoms with Crippen LogP contribution in [-0.4, -0.2) is 58.2 Å². The maximum Gasteiger partial charge on any atom is 0.342 e. The van der Waals surface area contributed by atoms with Crippen LogP contribution in [0.1, 0.15) is 42.5 Å². The van der Waals surface area contributed by atoms with Gasteiger partial charge in [0.05, 0.1) is 23.6 Å². The normalized spacial score (nSPS) is 11.1. The summed E-state index contributed by atoms with van der Waals surface area (Å²) in [7, 11) is 1.49. The second-order valence-electron chi connectivity index (χ2n) is 7.92. The number of nitrogens with zero attached hydrogens (tertiary/aromatic N) is 3. The third-order valence-electron chi connectivity index (χ3n) is 4.14. The molecule has 1 N–H and O–H groups in total. The van der Waals surface area contributed by atoms with Crippen molar-refractivity contribution in [3.63, 3.8) is 0 Å². The fourth-order valence-corrected chi connectivity index (χ4v) is 2.83. The Morgan fingerprint density at radius 1 is 1.14 bits per heavy atom. The number of hydrogen-bond acceptors (Lipinski definition) is 5. The van der Waals surface area contributed by atoms with Crippen LogP contribution >= 0.6 is 0 Å². The molecule has 8 heteroatoms. The van der Waals surface area contributed by atoms with Crippen molar-refractivity contribution in [2.45, 2.75) is 40.2 Å². The van der Waals surface area contributed by atoms with Gasteiger partial charge in [-0.2, -0.15) is 5.10 Å². The molecule has 2 aromatic rings. The van der Waals surface area contributed by atoms with Gasteiger partial charge >= 0.3 is 5.97 Å². The van der Waals surface area contributed by atoms with E-state index in [0.29, 0.717) is 17.0 Å².